The lowest BCUT2D eigenvalue weighted by molar-refractivity contribution is -0.137. The summed E-state index contributed by atoms with van der Waals surface area (Å²) in [6.07, 6.45) is 3.88. The Kier molecular flexibility index (Phi) is 8.67. The monoisotopic (exact) mass is 568 g/mol. The molecule has 0 spiro atoms. The van der Waals surface area contributed by atoms with Crippen molar-refractivity contribution in [2.24, 2.45) is 0 Å². The van der Waals surface area contributed by atoms with E-state index in [4.69, 9.17) is 14.6 Å². The summed E-state index contributed by atoms with van der Waals surface area (Å²) in [5.41, 5.74) is 0.600. The van der Waals surface area contributed by atoms with Crippen molar-refractivity contribution in [3.63, 3.8) is 0 Å². The number of nitrogens with zero attached hydrogens (tertiary/aromatic N) is 3. The molecule has 0 aliphatic carbocycles. The number of hydrogen-bond donors (Lipinski definition) is 3. The smallest absolute Gasteiger partial charge is 0.313 e. The summed E-state index contributed by atoms with van der Waals surface area (Å²) in [6.45, 7) is 5.46. The van der Waals surface area contributed by atoms with Gasteiger partial charge in [0.1, 0.15) is 5.75 Å². The number of ether oxygens (including phenoxy) is 1. The predicted octanol–water partition coefficient (Wildman–Crippen LogP) is 2.19. The van der Waals surface area contributed by atoms with Crippen molar-refractivity contribution in [1.29, 1.82) is 5.41 Å². The normalized spacial score (nSPS) is 14.9. The number of benzene rings is 2. The number of methoxy groups -OCH3 is 1. The predicted molar refractivity (Wildman–Crippen MR) is 149 cm³/mol. The summed E-state index contributed by atoms with van der Waals surface area (Å²) in [5.74, 6) is -0.683. The maximum atomic E-state index is 13.1. The Labute approximate surface area is 232 Å². The van der Waals surface area contributed by atoms with Crippen LogP contribution in [0.25, 0.3) is 11.3 Å². The summed E-state index contributed by atoms with van der Waals surface area (Å²) in [6, 6.07) is 11.4. The second kappa shape index (κ2) is 12.0. The van der Waals surface area contributed by atoms with E-state index in [1.165, 1.54) is 23.9 Å². The Balaban J connectivity index is 1.31. The van der Waals surface area contributed by atoms with Gasteiger partial charge in [-0.3, -0.25) is 14.5 Å². The Morgan fingerprint density at radius 1 is 1.12 bits per heavy atom. The molecule has 1 saturated heterocycles. The molecule has 1 fully saturated rings. The zero-order chi connectivity index (χ0) is 28.9. The molecule has 2 heterocycles. The molecule has 0 bridgehead atoms. The van der Waals surface area contributed by atoms with E-state index < -0.39 is 27.4 Å². The van der Waals surface area contributed by atoms with Crippen LogP contribution in [-0.2, 0) is 19.6 Å². The molecular weight excluding hydrogens is 536 g/mol. The SMILES string of the molecule is COc1cc(NC(=O)C(=O)NC(C)(C)CN2CCN(S(=O)(=O)c3ccccc3C=N)CC2)ccc1-c1cnco1. The van der Waals surface area contributed by atoms with Gasteiger partial charge in [-0.25, -0.2) is 13.4 Å². The molecule has 3 N–H and O–H groups in total. The highest BCUT2D eigenvalue weighted by molar-refractivity contribution is 7.89. The van der Waals surface area contributed by atoms with Crippen molar-refractivity contribution in [3.05, 3.63) is 60.6 Å². The van der Waals surface area contributed by atoms with E-state index in [9.17, 15) is 18.0 Å². The molecule has 2 amide bonds. The van der Waals surface area contributed by atoms with E-state index in [0.717, 1.165) is 6.21 Å². The summed E-state index contributed by atoms with van der Waals surface area (Å²) >= 11 is 0. The van der Waals surface area contributed by atoms with E-state index in [-0.39, 0.29) is 18.0 Å². The number of rotatable bonds is 9. The first-order valence-corrected chi connectivity index (χ1v) is 14.0. The van der Waals surface area contributed by atoms with Crippen LogP contribution >= 0.6 is 0 Å². The topological polar surface area (TPSA) is 158 Å². The number of piperazine rings is 1. The molecule has 12 nitrogen and oxygen atoms in total. The molecule has 0 atom stereocenters. The lowest BCUT2D eigenvalue weighted by atomic mass is 10.0. The van der Waals surface area contributed by atoms with Crippen LogP contribution < -0.4 is 15.4 Å². The maximum absolute atomic E-state index is 13.1. The van der Waals surface area contributed by atoms with Gasteiger partial charge in [-0.05, 0) is 32.0 Å². The number of nitrogens with one attached hydrogen (secondary N) is 3. The van der Waals surface area contributed by atoms with Crippen molar-refractivity contribution < 1.29 is 27.2 Å². The van der Waals surface area contributed by atoms with E-state index in [0.29, 0.717) is 48.0 Å². The van der Waals surface area contributed by atoms with E-state index in [1.807, 2.05) is 4.90 Å². The van der Waals surface area contributed by atoms with Gasteiger partial charge in [0.15, 0.2) is 12.2 Å². The Morgan fingerprint density at radius 3 is 2.50 bits per heavy atom. The minimum absolute atomic E-state index is 0.113. The quantitative estimate of drug-likeness (QED) is 0.262. The standard InChI is InChI=1S/C27H32N6O6S/c1-27(2,17-32-10-12-33(13-11-32)40(36,37)24-7-5-4-6-19(24)15-28)31-26(35)25(34)30-20-8-9-21(22(14-20)38-3)23-16-29-18-39-23/h4-9,14-16,18,28H,10-13,17H2,1-3H3,(H,30,34)(H,31,35). The number of carbonyl (C=O) groups excluding carboxylic acids is 2. The fourth-order valence-corrected chi connectivity index (χ4v) is 6.17. The molecule has 3 aromatic rings. The average molecular weight is 569 g/mol. The summed E-state index contributed by atoms with van der Waals surface area (Å²) in [7, 11) is -2.25. The molecule has 0 saturated carbocycles. The van der Waals surface area contributed by atoms with Crippen LogP contribution in [-0.4, -0.2) is 86.0 Å². The fourth-order valence-electron chi connectivity index (χ4n) is 4.57. The second-order valence-corrected chi connectivity index (χ2v) is 11.8. The van der Waals surface area contributed by atoms with Gasteiger partial charge in [0.25, 0.3) is 0 Å². The average Bonchev–Trinajstić information content (AvgIpc) is 3.47. The molecular formula is C27H32N6O6S. The van der Waals surface area contributed by atoms with Crippen molar-refractivity contribution in [1.82, 2.24) is 19.5 Å². The second-order valence-electron chi connectivity index (χ2n) is 9.94. The molecule has 1 aromatic heterocycles. The first-order valence-electron chi connectivity index (χ1n) is 12.6. The Bertz CT molecular complexity index is 1480. The number of hydrogen-bond acceptors (Lipinski definition) is 9. The molecule has 1 aliphatic heterocycles. The van der Waals surface area contributed by atoms with Crippen molar-refractivity contribution in [2.45, 2.75) is 24.3 Å². The van der Waals surface area contributed by atoms with Crippen LogP contribution in [0.4, 0.5) is 5.69 Å². The first-order chi connectivity index (χ1) is 19.0. The van der Waals surface area contributed by atoms with Crippen LogP contribution in [0.3, 0.4) is 0 Å². The first kappa shape index (κ1) is 28.9. The molecule has 40 heavy (non-hydrogen) atoms. The van der Waals surface area contributed by atoms with Crippen LogP contribution in [0.2, 0.25) is 0 Å². The highest BCUT2D eigenvalue weighted by Gasteiger charge is 2.33. The number of aromatic nitrogens is 1. The third-order valence-electron chi connectivity index (χ3n) is 6.46. The van der Waals surface area contributed by atoms with Gasteiger partial charge in [-0.2, -0.15) is 4.31 Å². The summed E-state index contributed by atoms with van der Waals surface area (Å²) in [4.78, 5) is 31.4. The molecule has 0 radical (unpaired) electrons. The minimum Gasteiger partial charge on any atom is -0.496 e. The highest BCUT2D eigenvalue weighted by atomic mass is 32.2. The molecule has 13 heteroatoms. The molecule has 0 unspecified atom stereocenters. The summed E-state index contributed by atoms with van der Waals surface area (Å²) in [5, 5.41) is 12.9. The van der Waals surface area contributed by atoms with Gasteiger partial charge in [0.05, 0.1) is 23.8 Å². The van der Waals surface area contributed by atoms with Gasteiger partial charge in [-0.15, -0.1) is 0 Å². The number of sulfonamides is 1. The van der Waals surface area contributed by atoms with Gasteiger partial charge in [0, 0.05) is 61.8 Å². The molecule has 2 aromatic carbocycles. The van der Waals surface area contributed by atoms with Crippen LogP contribution in [0, 0.1) is 5.41 Å². The lowest BCUT2D eigenvalue weighted by Crippen LogP contribution is -2.57. The number of amides is 2. The van der Waals surface area contributed by atoms with E-state index in [2.05, 4.69) is 15.6 Å². The molecule has 1 aliphatic rings. The van der Waals surface area contributed by atoms with E-state index in [1.54, 1.807) is 56.4 Å². The van der Waals surface area contributed by atoms with Gasteiger partial charge in [0.2, 0.25) is 10.0 Å². The van der Waals surface area contributed by atoms with Crippen LogP contribution in [0.1, 0.15) is 19.4 Å². The summed E-state index contributed by atoms with van der Waals surface area (Å²) < 4.78 is 38.4. The fraction of sp³-hybridized carbons (Fsp3) is 0.333. The zero-order valence-electron chi connectivity index (χ0n) is 22.5. The minimum atomic E-state index is -3.74. The third-order valence-corrected chi connectivity index (χ3v) is 8.43. The van der Waals surface area contributed by atoms with Gasteiger partial charge >= 0.3 is 11.8 Å². The number of carbonyl (C=O) groups is 2. The zero-order valence-corrected chi connectivity index (χ0v) is 23.3. The Hall–Kier alpha value is -4.07. The largest absolute Gasteiger partial charge is 0.496 e. The maximum Gasteiger partial charge on any atom is 0.313 e. The van der Waals surface area contributed by atoms with Crippen molar-refractivity contribution in [2.75, 3.05) is 45.2 Å². The van der Waals surface area contributed by atoms with Crippen LogP contribution in [0.5, 0.6) is 5.75 Å². The molecule has 212 valence electrons. The highest BCUT2D eigenvalue weighted by Crippen LogP contribution is 2.32. The number of anilines is 1. The van der Waals surface area contributed by atoms with Gasteiger partial charge < -0.3 is 25.2 Å². The van der Waals surface area contributed by atoms with Crippen LogP contribution in [0.15, 0.2) is 64.4 Å². The third kappa shape index (κ3) is 6.55. The Morgan fingerprint density at radius 2 is 1.85 bits per heavy atom. The van der Waals surface area contributed by atoms with Gasteiger partial charge in [-0.1, -0.05) is 18.2 Å². The van der Waals surface area contributed by atoms with Crippen molar-refractivity contribution in [3.8, 4) is 17.1 Å². The van der Waals surface area contributed by atoms with Crippen molar-refractivity contribution >= 4 is 33.7 Å². The van der Waals surface area contributed by atoms with E-state index >= 15 is 0 Å². The number of oxazole rings is 1. The molecule has 4 rings (SSSR count). The lowest BCUT2D eigenvalue weighted by Gasteiger charge is -2.38.